The van der Waals surface area contributed by atoms with Gasteiger partial charge in [-0.05, 0) is 24.3 Å². The van der Waals surface area contributed by atoms with Crippen LogP contribution in [0, 0.1) is 0 Å². The van der Waals surface area contributed by atoms with Gasteiger partial charge in [0, 0.05) is 5.69 Å². The van der Waals surface area contributed by atoms with E-state index in [1.54, 1.807) is 0 Å². The molecule has 0 radical (unpaired) electrons. The Labute approximate surface area is 92.8 Å². The van der Waals surface area contributed by atoms with E-state index in [1.165, 1.54) is 24.3 Å². The molecule has 1 aromatic rings. The molecule has 0 aliphatic carbocycles. The molecule has 0 unspecified atom stereocenters. The number of nitrogens with one attached hydrogen (secondary N) is 1. The van der Waals surface area contributed by atoms with E-state index in [1.807, 2.05) is 0 Å². The monoisotopic (exact) mass is 246 g/mol. The van der Waals surface area contributed by atoms with Crippen LogP contribution in [0.4, 0.5) is 11.4 Å². The van der Waals surface area contributed by atoms with Crippen LogP contribution in [0.2, 0.25) is 0 Å². The molecule has 1 aromatic carbocycles. The minimum Gasteiger partial charge on any atom is -0.325 e. The van der Waals surface area contributed by atoms with Gasteiger partial charge in [-0.25, -0.2) is 0 Å². The molecule has 1 N–H and O–H groups in total. The van der Waals surface area contributed by atoms with Crippen molar-refractivity contribution in [2.75, 3.05) is 11.2 Å². The Morgan fingerprint density at radius 2 is 1.93 bits per heavy atom. The Morgan fingerprint density at radius 1 is 1.33 bits per heavy atom. The summed E-state index contributed by atoms with van der Waals surface area (Å²) < 4.78 is 23.7. The summed E-state index contributed by atoms with van der Waals surface area (Å²) >= 11 is 5.29. The number of nitrogens with zero attached hydrogens (tertiary/aromatic N) is 1. The van der Waals surface area contributed by atoms with Gasteiger partial charge in [-0.2, -0.15) is 8.42 Å². The van der Waals surface area contributed by atoms with Gasteiger partial charge in [0.15, 0.2) is 0 Å². The summed E-state index contributed by atoms with van der Waals surface area (Å²) in [4.78, 5) is 10.9. The van der Waals surface area contributed by atoms with E-state index < -0.39 is 10.5 Å². The second-order valence-electron chi connectivity index (χ2n) is 2.54. The number of benzene rings is 1. The number of rotatable bonds is 3. The van der Waals surface area contributed by atoms with E-state index in [0.29, 0.717) is 11.4 Å². The third-order valence-corrected chi connectivity index (χ3v) is 2.06. The number of alkyl halides is 1. The first-order valence-corrected chi connectivity index (χ1v) is 5.45. The standard InChI is InChI=1S/C8H7ClN2O3S/c9-5-8(12)10-6-1-3-7(4-2-6)11-15(13)14/h1-4H,5H2,(H,10,12). The van der Waals surface area contributed by atoms with Gasteiger partial charge in [0.2, 0.25) is 5.91 Å². The first-order chi connectivity index (χ1) is 7.11. The summed E-state index contributed by atoms with van der Waals surface area (Å²) in [6, 6.07) is 6.02. The van der Waals surface area contributed by atoms with Gasteiger partial charge in [-0.1, -0.05) is 0 Å². The summed E-state index contributed by atoms with van der Waals surface area (Å²) in [6.07, 6.45) is 0. The second-order valence-corrected chi connectivity index (χ2v) is 3.42. The maximum atomic E-state index is 10.9. The molecule has 0 atom stereocenters. The molecule has 0 bridgehead atoms. The Bertz CT molecular complexity index is 473. The molecule has 0 aromatic heterocycles. The lowest BCUT2D eigenvalue weighted by Gasteiger charge is -2.01. The van der Waals surface area contributed by atoms with E-state index >= 15 is 0 Å². The number of anilines is 1. The van der Waals surface area contributed by atoms with Crippen LogP contribution < -0.4 is 5.32 Å². The Morgan fingerprint density at radius 3 is 2.40 bits per heavy atom. The average molecular weight is 247 g/mol. The number of hydrogen-bond acceptors (Lipinski definition) is 4. The largest absolute Gasteiger partial charge is 0.325 e. The molecule has 1 rings (SSSR count). The van der Waals surface area contributed by atoms with Gasteiger partial charge in [0.25, 0.3) is 0 Å². The number of amides is 1. The van der Waals surface area contributed by atoms with Crippen LogP contribution in [-0.2, 0) is 15.3 Å². The third-order valence-electron chi connectivity index (χ3n) is 1.45. The van der Waals surface area contributed by atoms with Crippen LogP contribution in [0.15, 0.2) is 28.6 Å². The van der Waals surface area contributed by atoms with Crippen molar-refractivity contribution in [2.45, 2.75) is 0 Å². The van der Waals surface area contributed by atoms with Crippen molar-refractivity contribution in [1.82, 2.24) is 0 Å². The van der Waals surface area contributed by atoms with E-state index in [-0.39, 0.29) is 11.8 Å². The molecule has 0 heterocycles. The Kier molecular flexibility index (Phi) is 4.26. The van der Waals surface area contributed by atoms with Crippen LogP contribution >= 0.6 is 11.6 Å². The first kappa shape index (κ1) is 11.7. The highest BCUT2D eigenvalue weighted by Crippen LogP contribution is 2.15. The topological polar surface area (TPSA) is 75.6 Å². The summed E-state index contributed by atoms with van der Waals surface area (Å²) in [6.45, 7) is 0. The zero-order valence-corrected chi connectivity index (χ0v) is 9.05. The molecule has 5 nitrogen and oxygen atoms in total. The molecule has 0 aliphatic heterocycles. The highest BCUT2D eigenvalue weighted by Gasteiger charge is 1.99. The van der Waals surface area contributed by atoms with Crippen molar-refractivity contribution in [3.05, 3.63) is 24.3 Å². The molecule has 0 saturated heterocycles. The maximum Gasteiger partial charge on any atom is 0.316 e. The van der Waals surface area contributed by atoms with E-state index in [9.17, 15) is 13.2 Å². The van der Waals surface area contributed by atoms with Crippen LogP contribution in [-0.4, -0.2) is 20.2 Å². The highest BCUT2D eigenvalue weighted by molar-refractivity contribution is 7.61. The van der Waals surface area contributed by atoms with Crippen LogP contribution in [0.1, 0.15) is 0 Å². The zero-order valence-electron chi connectivity index (χ0n) is 7.47. The van der Waals surface area contributed by atoms with Crippen molar-refractivity contribution >= 4 is 39.4 Å². The second kappa shape index (κ2) is 5.47. The quantitative estimate of drug-likeness (QED) is 0.823. The van der Waals surface area contributed by atoms with Gasteiger partial charge >= 0.3 is 10.5 Å². The highest BCUT2D eigenvalue weighted by atomic mass is 35.5. The van der Waals surface area contributed by atoms with Gasteiger partial charge in [0.1, 0.15) is 5.88 Å². The van der Waals surface area contributed by atoms with Crippen molar-refractivity contribution in [2.24, 2.45) is 4.36 Å². The van der Waals surface area contributed by atoms with E-state index in [2.05, 4.69) is 9.68 Å². The van der Waals surface area contributed by atoms with Crippen molar-refractivity contribution < 1.29 is 13.2 Å². The van der Waals surface area contributed by atoms with Gasteiger partial charge < -0.3 is 5.32 Å². The van der Waals surface area contributed by atoms with Crippen molar-refractivity contribution in [3.8, 4) is 0 Å². The molecule has 80 valence electrons. The van der Waals surface area contributed by atoms with Crippen molar-refractivity contribution in [1.29, 1.82) is 0 Å². The lowest BCUT2D eigenvalue weighted by atomic mass is 10.3. The van der Waals surface area contributed by atoms with Crippen molar-refractivity contribution in [3.63, 3.8) is 0 Å². The minimum atomic E-state index is -2.47. The SMILES string of the molecule is O=C(CCl)Nc1ccc(N=S(=O)=O)cc1. The number of hydrogen-bond donors (Lipinski definition) is 1. The molecule has 15 heavy (non-hydrogen) atoms. The fraction of sp³-hybridized carbons (Fsp3) is 0.125. The predicted octanol–water partition coefficient (Wildman–Crippen LogP) is 1.56. The lowest BCUT2D eigenvalue weighted by molar-refractivity contribution is -0.113. The molecular weight excluding hydrogens is 240 g/mol. The smallest absolute Gasteiger partial charge is 0.316 e. The Balaban J connectivity index is 2.81. The van der Waals surface area contributed by atoms with Crippen LogP contribution in [0.3, 0.4) is 0 Å². The fourth-order valence-electron chi connectivity index (χ4n) is 0.886. The average Bonchev–Trinajstić information content (AvgIpc) is 2.20. The molecule has 1 amide bonds. The normalized spacial score (nSPS) is 9.40. The first-order valence-electron chi connectivity index (χ1n) is 3.89. The van der Waals surface area contributed by atoms with E-state index in [0.717, 1.165) is 0 Å². The third kappa shape index (κ3) is 4.09. The molecular formula is C8H7ClN2O3S. The molecule has 0 spiro atoms. The summed E-state index contributed by atoms with van der Waals surface area (Å²) in [7, 11) is -2.47. The number of halogens is 1. The minimum absolute atomic E-state index is 0.128. The fourth-order valence-corrected chi connectivity index (χ4v) is 1.25. The number of carbonyl (C=O) groups excluding carboxylic acids is 1. The summed E-state index contributed by atoms with van der Waals surface area (Å²) in [5.74, 6) is -0.453. The predicted molar refractivity (Wildman–Crippen MR) is 56.8 cm³/mol. The molecule has 0 saturated carbocycles. The van der Waals surface area contributed by atoms with Crippen LogP contribution in [0.25, 0.3) is 0 Å². The van der Waals surface area contributed by atoms with Crippen LogP contribution in [0.5, 0.6) is 0 Å². The van der Waals surface area contributed by atoms with Gasteiger partial charge in [-0.15, -0.1) is 16.0 Å². The zero-order chi connectivity index (χ0) is 11.3. The lowest BCUT2D eigenvalue weighted by Crippen LogP contribution is -2.12. The van der Waals surface area contributed by atoms with Gasteiger partial charge in [-0.3, -0.25) is 4.79 Å². The molecule has 0 fully saturated rings. The Hall–Kier alpha value is -1.40. The molecule has 7 heteroatoms. The summed E-state index contributed by atoms with van der Waals surface area (Å²) in [5, 5.41) is 2.51. The number of carbonyl (C=O) groups is 1. The van der Waals surface area contributed by atoms with E-state index in [4.69, 9.17) is 11.6 Å². The summed E-state index contributed by atoms with van der Waals surface area (Å²) in [5.41, 5.74) is 0.837. The van der Waals surface area contributed by atoms with Gasteiger partial charge in [0.05, 0.1) is 5.69 Å². The maximum absolute atomic E-state index is 10.9. The molecule has 0 aliphatic rings.